The molecule has 0 aliphatic carbocycles. The molecule has 0 spiro atoms. The van der Waals surface area contributed by atoms with Gasteiger partial charge in [-0.1, -0.05) is 43.8 Å². The SMILES string of the molecule is C/C(=N\NC(=O)CSc1nnc(-c2nc(C(C)C)cs2)n1-c1ccccc1)c1ccc([N+](=O)[O-])cc1. The molecule has 10 nitrogen and oxygen atoms in total. The molecule has 4 aromatic rings. The molecule has 4 rings (SSSR count). The highest BCUT2D eigenvalue weighted by molar-refractivity contribution is 7.99. The molecule has 36 heavy (non-hydrogen) atoms. The number of benzene rings is 2. The molecule has 0 radical (unpaired) electrons. The summed E-state index contributed by atoms with van der Waals surface area (Å²) in [6.07, 6.45) is 0. The van der Waals surface area contributed by atoms with Crippen molar-refractivity contribution in [2.24, 2.45) is 5.10 Å². The number of hydrogen-bond donors (Lipinski definition) is 1. The Morgan fingerprint density at radius 1 is 1.17 bits per heavy atom. The molecule has 12 heteroatoms. The molecule has 0 saturated heterocycles. The summed E-state index contributed by atoms with van der Waals surface area (Å²) >= 11 is 2.75. The van der Waals surface area contributed by atoms with Gasteiger partial charge in [0.1, 0.15) is 0 Å². The monoisotopic (exact) mass is 521 g/mol. The van der Waals surface area contributed by atoms with E-state index >= 15 is 0 Å². The molecular formula is C24H23N7O3S2. The first-order valence-electron chi connectivity index (χ1n) is 11.0. The Morgan fingerprint density at radius 3 is 2.53 bits per heavy atom. The number of carbonyl (C=O) groups is 1. The number of hydrogen-bond acceptors (Lipinski definition) is 9. The standard InChI is InChI=1S/C24H23N7O3S2/c1-15(2)20-13-35-23(25-20)22-28-29-24(30(22)18-7-5-4-6-8-18)36-14-21(32)27-26-16(3)17-9-11-19(12-10-17)31(33)34/h4-13,15H,14H2,1-3H3,(H,27,32)/b26-16+. The summed E-state index contributed by atoms with van der Waals surface area (Å²) in [5.74, 6) is 0.669. The van der Waals surface area contributed by atoms with Crippen molar-refractivity contribution in [3.63, 3.8) is 0 Å². The third-order valence-corrected chi connectivity index (χ3v) is 6.91. The summed E-state index contributed by atoms with van der Waals surface area (Å²) in [5, 5.41) is 27.0. The maximum Gasteiger partial charge on any atom is 0.269 e. The highest BCUT2D eigenvalue weighted by Crippen LogP contribution is 2.31. The lowest BCUT2D eigenvalue weighted by atomic mass is 10.1. The lowest BCUT2D eigenvalue weighted by molar-refractivity contribution is -0.384. The highest BCUT2D eigenvalue weighted by Gasteiger charge is 2.20. The van der Waals surface area contributed by atoms with Crippen molar-refractivity contribution in [3.05, 3.63) is 81.3 Å². The van der Waals surface area contributed by atoms with E-state index in [2.05, 4.69) is 34.6 Å². The second-order valence-corrected chi connectivity index (χ2v) is 9.83. The molecule has 0 aliphatic rings. The Balaban J connectivity index is 1.49. The first kappa shape index (κ1) is 25.2. The van der Waals surface area contributed by atoms with Crippen LogP contribution in [0.3, 0.4) is 0 Å². The van der Waals surface area contributed by atoms with E-state index in [1.807, 2.05) is 40.3 Å². The summed E-state index contributed by atoms with van der Waals surface area (Å²) in [5.41, 5.74) is 5.59. The van der Waals surface area contributed by atoms with Gasteiger partial charge in [-0.2, -0.15) is 5.10 Å². The lowest BCUT2D eigenvalue weighted by Gasteiger charge is -2.09. The molecule has 2 aromatic carbocycles. The largest absolute Gasteiger partial charge is 0.272 e. The van der Waals surface area contributed by atoms with Crippen LogP contribution in [0.1, 0.15) is 37.9 Å². The Morgan fingerprint density at radius 2 is 1.89 bits per heavy atom. The number of nitro benzene ring substituents is 1. The van der Waals surface area contributed by atoms with Crippen LogP contribution in [0.15, 0.2) is 70.2 Å². The van der Waals surface area contributed by atoms with Gasteiger partial charge in [0.15, 0.2) is 16.0 Å². The minimum atomic E-state index is -0.466. The number of nitrogens with zero attached hydrogens (tertiary/aromatic N) is 6. The summed E-state index contributed by atoms with van der Waals surface area (Å²) in [6.45, 7) is 5.89. The highest BCUT2D eigenvalue weighted by atomic mass is 32.2. The van der Waals surface area contributed by atoms with Gasteiger partial charge in [0.05, 0.1) is 22.1 Å². The zero-order chi connectivity index (χ0) is 25.7. The maximum absolute atomic E-state index is 12.5. The number of rotatable bonds is 9. The Hall–Kier alpha value is -3.90. The fourth-order valence-corrected chi connectivity index (χ4v) is 4.86. The smallest absolute Gasteiger partial charge is 0.269 e. The van der Waals surface area contributed by atoms with Gasteiger partial charge in [0.25, 0.3) is 11.6 Å². The van der Waals surface area contributed by atoms with E-state index in [1.165, 1.54) is 35.2 Å². The maximum atomic E-state index is 12.5. The number of nitrogens with one attached hydrogen (secondary N) is 1. The number of para-hydroxylation sites is 1. The van der Waals surface area contributed by atoms with E-state index < -0.39 is 4.92 Å². The van der Waals surface area contributed by atoms with Gasteiger partial charge < -0.3 is 0 Å². The van der Waals surface area contributed by atoms with Crippen LogP contribution in [-0.2, 0) is 4.79 Å². The number of amides is 1. The Kier molecular flexibility index (Phi) is 7.86. The molecular weight excluding hydrogens is 498 g/mol. The lowest BCUT2D eigenvalue weighted by Crippen LogP contribution is -2.21. The molecule has 0 atom stereocenters. The zero-order valence-corrected chi connectivity index (χ0v) is 21.4. The number of aromatic nitrogens is 4. The van der Waals surface area contributed by atoms with Crippen LogP contribution in [0.5, 0.6) is 0 Å². The van der Waals surface area contributed by atoms with E-state index in [-0.39, 0.29) is 17.3 Å². The van der Waals surface area contributed by atoms with E-state index in [0.717, 1.165) is 16.4 Å². The van der Waals surface area contributed by atoms with Gasteiger partial charge in [-0.15, -0.1) is 21.5 Å². The van der Waals surface area contributed by atoms with Crippen LogP contribution in [-0.4, -0.2) is 42.0 Å². The van der Waals surface area contributed by atoms with Crippen molar-refractivity contribution in [1.82, 2.24) is 25.2 Å². The van der Waals surface area contributed by atoms with Crippen molar-refractivity contribution < 1.29 is 9.72 Å². The number of thiazole rings is 1. The number of hydrazone groups is 1. The number of non-ortho nitro benzene ring substituents is 1. The molecule has 0 fully saturated rings. The molecule has 0 aliphatic heterocycles. The molecule has 2 aromatic heterocycles. The summed E-state index contributed by atoms with van der Waals surface area (Å²) in [7, 11) is 0. The molecule has 0 unspecified atom stereocenters. The zero-order valence-electron chi connectivity index (χ0n) is 19.8. The van der Waals surface area contributed by atoms with Crippen LogP contribution in [0.2, 0.25) is 0 Å². The average Bonchev–Trinajstić information content (AvgIpc) is 3.54. The Bertz CT molecular complexity index is 1400. The molecule has 1 N–H and O–H groups in total. The van der Waals surface area contributed by atoms with Crippen molar-refractivity contribution in [2.45, 2.75) is 31.8 Å². The van der Waals surface area contributed by atoms with Crippen LogP contribution in [0.4, 0.5) is 5.69 Å². The van der Waals surface area contributed by atoms with Crippen LogP contribution >= 0.6 is 23.1 Å². The number of carbonyl (C=O) groups excluding carboxylic acids is 1. The second kappa shape index (κ2) is 11.2. The van der Waals surface area contributed by atoms with Gasteiger partial charge in [-0.25, -0.2) is 10.4 Å². The Labute approximate surface area is 215 Å². The molecule has 2 heterocycles. The van der Waals surface area contributed by atoms with Gasteiger partial charge in [-0.05, 0) is 42.7 Å². The normalized spacial score (nSPS) is 11.6. The first-order valence-corrected chi connectivity index (χ1v) is 12.9. The topological polar surface area (TPSA) is 128 Å². The van der Waals surface area contributed by atoms with E-state index in [1.54, 1.807) is 19.1 Å². The van der Waals surface area contributed by atoms with Crippen molar-refractivity contribution in [2.75, 3.05) is 5.75 Å². The number of nitro groups is 1. The van der Waals surface area contributed by atoms with Gasteiger partial charge >= 0.3 is 0 Å². The second-order valence-electron chi connectivity index (χ2n) is 8.03. The van der Waals surface area contributed by atoms with Crippen molar-refractivity contribution in [1.29, 1.82) is 0 Å². The van der Waals surface area contributed by atoms with Crippen LogP contribution in [0.25, 0.3) is 16.5 Å². The third-order valence-electron chi connectivity index (χ3n) is 5.13. The number of thioether (sulfide) groups is 1. The third kappa shape index (κ3) is 5.83. The fourth-order valence-electron chi connectivity index (χ4n) is 3.16. The summed E-state index contributed by atoms with van der Waals surface area (Å²) < 4.78 is 1.90. The van der Waals surface area contributed by atoms with E-state index in [9.17, 15) is 14.9 Å². The van der Waals surface area contributed by atoms with Gasteiger partial charge in [0.2, 0.25) is 0 Å². The summed E-state index contributed by atoms with van der Waals surface area (Å²) in [4.78, 5) is 27.6. The van der Waals surface area contributed by atoms with Crippen LogP contribution in [0, 0.1) is 10.1 Å². The van der Waals surface area contributed by atoms with Crippen LogP contribution < -0.4 is 5.43 Å². The minimum Gasteiger partial charge on any atom is -0.272 e. The van der Waals surface area contributed by atoms with Crippen molar-refractivity contribution >= 4 is 40.4 Å². The summed E-state index contributed by atoms with van der Waals surface area (Å²) in [6, 6.07) is 15.7. The average molecular weight is 522 g/mol. The predicted octanol–water partition coefficient (Wildman–Crippen LogP) is 5.05. The first-order chi connectivity index (χ1) is 17.3. The van der Waals surface area contributed by atoms with E-state index in [0.29, 0.717) is 28.2 Å². The quantitative estimate of drug-likeness (QED) is 0.141. The molecule has 1 amide bonds. The van der Waals surface area contributed by atoms with E-state index in [4.69, 9.17) is 4.98 Å². The molecule has 184 valence electrons. The minimum absolute atomic E-state index is 0.00735. The molecule has 0 bridgehead atoms. The van der Waals surface area contributed by atoms with Gasteiger partial charge in [0, 0.05) is 23.2 Å². The molecule has 0 saturated carbocycles. The van der Waals surface area contributed by atoms with Crippen molar-refractivity contribution in [3.8, 4) is 16.5 Å². The predicted molar refractivity (Wildman–Crippen MR) is 141 cm³/mol. The fraction of sp³-hybridized carbons (Fsp3) is 0.208. The van der Waals surface area contributed by atoms with Gasteiger partial charge in [-0.3, -0.25) is 19.5 Å².